The third-order valence-electron chi connectivity index (χ3n) is 5.42. The van der Waals surface area contributed by atoms with Crippen molar-refractivity contribution in [2.75, 3.05) is 12.4 Å². The molecule has 2 heterocycles. The molecule has 2 N–H and O–H groups in total. The summed E-state index contributed by atoms with van der Waals surface area (Å²) in [6.45, 7) is 8.52. The van der Waals surface area contributed by atoms with Crippen LogP contribution >= 0.6 is 0 Å². The van der Waals surface area contributed by atoms with E-state index in [0.29, 0.717) is 5.75 Å². The lowest BCUT2D eigenvalue weighted by atomic mass is 9.81. The fraction of sp³-hybridized carbons (Fsp3) is 0.333. The van der Waals surface area contributed by atoms with Crippen molar-refractivity contribution in [1.82, 2.24) is 0 Å². The first-order valence-corrected chi connectivity index (χ1v) is 9.69. The molecule has 2 aliphatic rings. The zero-order valence-corrected chi connectivity index (χ0v) is 17.1. The highest BCUT2D eigenvalue weighted by Crippen LogP contribution is 2.54. The van der Waals surface area contributed by atoms with E-state index in [9.17, 15) is 5.11 Å². The molecule has 0 amide bonds. The number of phenolic OH excluding ortho intramolecular Hbond substituents is 1. The summed E-state index contributed by atoms with van der Waals surface area (Å²) in [5.41, 5.74) is 6.43. The first-order chi connectivity index (χ1) is 13.4. The monoisotopic (exact) mass is 377 g/mol. The number of allylic oxidation sites excluding steroid dienone is 2. The van der Waals surface area contributed by atoms with Gasteiger partial charge in [0, 0.05) is 23.2 Å². The van der Waals surface area contributed by atoms with E-state index in [-0.39, 0.29) is 17.4 Å². The van der Waals surface area contributed by atoms with Crippen molar-refractivity contribution in [3.05, 3.63) is 53.6 Å². The van der Waals surface area contributed by atoms with Crippen LogP contribution in [0.3, 0.4) is 0 Å². The normalized spacial score (nSPS) is 19.0. The number of benzene rings is 2. The van der Waals surface area contributed by atoms with Crippen molar-refractivity contribution < 1.29 is 14.6 Å². The molecule has 0 aliphatic carbocycles. The van der Waals surface area contributed by atoms with E-state index in [0.717, 1.165) is 34.5 Å². The van der Waals surface area contributed by atoms with Gasteiger partial charge in [0.1, 0.15) is 11.9 Å². The zero-order chi connectivity index (χ0) is 20.1. The van der Waals surface area contributed by atoms with Crippen LogP contribution in [-0.4, -0.2) is 17.8 Å². The molecule has 0 bridgehead atoms. The van der Waals surface area contributed by atoms with Crippen molar-refractivity contribution in [1.29, 1.82) is 0 Å². The molecule has 0 saturated heterocycles. The molecule has 0 spiro atoms. The van der Waals surface area contributed by atoms with Crippen LogP contribution in [0.5, 0.6) is 17.2 Å². The molecule has 0 aromatic heterocycles. The molecule has 0 saturated carbocycles. The number of phenols is 1. The number of nitrogens with one attached hydrogen (secondary N) is 1. The molecule has 0 fully saturated rings. The van der Waals surface area contributed by atoms with Crippen LogP contribution in [0.1, 0.15) is 51.3 Å². The third kappa shape index (κ3) is 2.84. The SMILES string of the molecule is CC=CCC1Oc2ccc(O)c(OC)c2-c2ccc3c(c21)C(C)=CC(C)(C)N3. The van der Waals surface area contributed by atoms with Crippen molar-refractivity contribution in [3.8, 4) is 28.4 Å². The second-order valence-corrected chi connectivity index (χ2v) is 8.03. The molecule has 2 aromatic carbocycles. The molecule has 4 nitrogen and oxygen atoms in total. The van der Waals surface area contributed by atoms with Crippen LogP contribution in [0.15, 0.2) is 42.5 Å². The molecule has 28 heavy (non-hydrogen) atoms. The lowest BCUT2D eigenvalue weighted by molar-refractivity contribution is 0.204. The minimum Gasteiger partial charge on any atom is -0.504 e. The second-order valence-electron chi connectivity index (χ2n) is 8.03. The van der Waals surface area contributed by atoms with Crippen molar-refractivity contribution in [3.63, 3.8) is 0 Å². The van der Waals surface area contributed by atoms with E-state index in [1.54, 1.807) is 13.2 Å². The maximum absolute atomic E-state index is 10.3. The van der Waals surface area contributed by atoms with E-state index in [1.165, 1.54) is 11.1 Å². The fourth-order valence-corrected chi connectivity index (χ4v) is 4.45. The first-order valence-electron chi connectivity index (χ1n) is 9.69. The van der Waals surface area contributed by atoms with Gasteiger partial charge in [-0.2, -0.15) is 0 Å². The maximum atomic E-state index is 10.3. The van der Waals surface area contributed by atoms with E-state index in [2.05, 4.69) is 56.4 Å². The Morgan fingerprint density at radius 1 is 1.21 bits per heavy atom. The summed E-state index contributed by atoms with van der Waals surface area (Å²) in [6.07, 6.45) is 7.12. The molecule has 0 radical (unpaired) electrons. The Kier molecular flexibility index (Phi) is 4.37. The highest BCUT2D eigenvalue weighted by atomic mass is 16.5. The summed E-state index contributed by atoms with van der Waals surface area (Å²) >= 11 is 0. The average molecular weight is 377 g/mol. The molecule has 2 aliphatic heterocycles. The molecule has 146 valence electrons. The van der Waals surface area contributed by atoms with Crippen molar-refractivity contribution in [2.45, 2.75) is 45.8 Å². The van der Waals surface area contributed by atoms with Crippen LogP contribution in [-0.2, 0) is 0 Å². The minimum absolute atomic E-state index is 0.103. The highest BCUT2D eigenvalue weighted by Gasteiger charge is 2.35. The van der Waals surface area contributed by atoms with Gasteiger partial charge in [0.25, 0.3) is 0 Å². The lowest BCUT2D eigenvalue weighted by Gasteiger charge is -2.37. The van der Waals surface area contributed by atoms with Gasteiger partial charge in [-0.05, 0) is 57.0 Å². The number of hydrogen-bond acceptors (Lipinski definition) is 4. The quantitative estimate of drug-likeness (QED) is 0.637. The Morgan fingerprint density at radius 3 is 2.71 bits per heavy atom. The summed E-state index contributed by atoms with van der Waals surface area (Å²) < 4.78 is 12.0. The summed E-state index contributed by atoms with van der Waals surface area (Å²) in [6, 6.07) is 7.69. The molecule has 2 aromatic rings. The number of ether oxygens (including phenoxy) is 2. The number of aromatic hydroxyl groups is 1. The Hall–Kier alpha value is -2.88. The van der Waals surface area contributed by atoms with Gasteiger partial charge >= 0.3 is 0 Å². The van der Waals surface area contributed by atoms with Gasteiger partial charge in [-0.3, -0.25) is 0 Å². The van der Waals surface area contributed by atoms with Crippen LogP contribution < -0.4 is 14.8 Å². The van der Waals surface area contributed by atoms with Gasteiger partial charge in [-0.25, -0.2) is 0 Å². The van der Waals surface area contributed by atoms with Crippen LogP contribution in [0.25, 0.3) is 16.7 Å². The molecule has 1 unspecified atom stereocenters. The van der Waals surface area contributed by atoms with E-state index < -0.39 is 0 Å². The smallest absolute Gasteiger partial charge is 0.172 e. The van der Waals surface area contributed by atoms with Gasteiger partial charge < -0.3 is 19.9 Å². The van der Waals surface area contributed by atoms with Gasteiger partial charge in [-0.15, -0.1) is 0 Å². The summed E-state index contributed by atoms with van der Waals surface area (Å²) in [4.78, 5) is 0. The lowest BCUT2D eigenvalue weighted by Crippen LogP contribution is -2.32. The molecule has 4 heteroatoms. The predicted octanol–water partition coefficient (Wildman–Crippen LogP) is 6.07. The summed E-state index contributed by atoms with van der Waals surface area (Å²) in [5.74, 6) is 1.31. The van der Waals surface area contributed by atoms with E-state index in [1.807, 2.05) is 13.0 Å². The molecular formula is C24H27NO3. The molecular weight excluding hydrogens is 350 g/mol. The van der Waals surface area contributed by atoms with Gasteiger partial charge in [0.2, 0.25) is 0 Å². The number of anilines is 1. The number of fused-ring (bicyclic) bond motifs is 5. The summed E-state index contributed by atoms with van der Waals surface area (Å²) in [5, 5.41) is 14.0. The molecule has 4 rings (SSSR count). The second kappa shape index (κ2) is 6.62. The van der Waals surface area contributed by atoms with Crippen LogP contribution in [0.2, 0.25) is 0 Å². The minimum atomic E-state index is -0.104. The van der Waals surface area contributed by atoms with Gasteiger partial charge in [-0.1, -0.05) is 24.3 Å². The largest absolute Gasteiger partial charge is 0.504 e. The van der Waals surface area contributed by atoms with Crippen molar-refractivity contribution >= 4 is 11.3 Å². The van der Waals surface area contributed by atoms with Gasteiger partial charge in [0.15, 0.2) is 11.5 Å². The van der Waals surface area contributed by atoms with Crippen LogP contribution in [0.4, 0.5) is 5.69 Å². The Labute approximate surface area is 166 Å². The summed E-state index contributed by atoms with van der Waals surface area (Å²) in [7, 11) is 1.58. The highest BCUT2D eigenvalue weighted by molar-refractivity contribution is 5.92. The first kappa shape index (κ1) is 18.5. The zero-order valence-electron chi connectivity index (χ0n) is 17.1. The predicted molar refractivity (Wildman–Crippen MR) is 114 cm³/mol. The fourth-order valence-electron chi connectivity index (χ4n) is 4.45. The average Bonchev–Trinajstić information content (AvgIpc) is 2.64. The van der Waals surface area contributed by atoms with E-state index >= 15 is 0 Å². The van der Waals surface area contributed by atoms with Crippen LogP contribution in [0, 0.1) is 0 Å². The van der Waals surface area contributed by atoms with Crippen molar-refractivity contribution in [2.24, 2.45) is 0 Å². The third-order valence-corrected chi connectivity index (χ3v) is 5.42. The van der Waals surface area contributed by atoms with E-state index in [4.69, 9.17) is 9.47 Å². The number of rotatable bonds is 3. The molecule has 1 atom stereocenters. The number of methoxy groups -OCH3 is 1. The maximum Gasteiger partial charge on any atom is 0.172 e. The number of hydrogen-bond donors (Lipinski definition) is 2. The Morgan fingerprint density at radius 2 is 2.00 bits per heavy atom. The Balaban J connectivity index is 2.02. The standard InChI is InChI=1S/C24H27NO3/c1-6-7-8-18-21-15(22-19(28-18)12-11-17(26)23(22)27-5)9-10-16-20(21)14(2)13-24(3,4)25-16/h6-7,9-13,18,25-26H,8H2,1-5H3. The van der Waals surface area contributed by atoms with Gasteiger partial charge in [0.05, 0.1) is 18.2 Å². The topological polar surface area (TPSA) is 50.7 Å². The Bertz CT molecular complexity index is 1000.